The van der Waals surface area contributed by atoms with E-state index in [-0.39, 0.29) is 5.54 Å². The highest BCUT2D eigenvalue weighted by molar-refractivity contribution is 5.94. The van der Waals surface area contributed by atoms with Gasteiger partial charge in [-0.2, -0.15) is 0 Å². The van der Waals surface area contributed by atoms with Gasteiger partial charge in [-0.05, 0) is 46.8 Å². The second kappa shape index (κ2) is 7.03. The van der Waals surface area contributed by atoms with Crippen molar-refractivity contribution in [2.75, 3.05) is 18.5 Å². The van der Waals surface area contributed by atoms with Crippen molar-refractivity contribution in [2.24, 2.45) is 10.7 Å². The Morgan fingerprint density at radius 2 is 1.85 bits per heavy atom. The summed E-state index contributed by atoms with van der Waals surface area (Å²) in [5.74, 6) is 1.84. The van der Waals surface area contributed by atoms with Crippen LogP contribution in [-0.4, -0.2) is 24.7 Å². The first-order valence-corrected chi connectivity index (χ1v) is 6.87. The molecule has 0 atom stereocenters. The van der Waals surface area contributed by atoms with Crippen LogP contribution in [0.1, 0.15) is 34.6 Å². The van der Waals surface area contributed by atoms with Crippen molar-refractivity contribution in [3.05, 3.63) is 18.2 Å². The van der Waals surface area contributed by atoms with Gasteiger partial charge < -0.3 is 20.5 Å². The minimum absolute atomic E-state index is 0.236. The Bertz CT molecular complexity index is 465. The van der Waals surface area contributed by atoms with Gasteiger partial charge in [0.25, 0.3) is 0 Å². The van der Waals surface area contributed by atoms with Gasteiger partial charge in [0.15, 0.2) is 5.96 Å². The molecule has 1 aromatic rings. The highest BCUT2D eigenvalue weighted by Crippen LogP contribution is 2.29. The van der Waals surface area contributed by atoms with Gasteiger partial charge in [-0.25, -0.2) is 4.99 Å². The summed E-state index contributed by atoms with van der Waals surface area (Å²) in [6, 6.07) is 5.59. The molecular formula is C15H25N3O2. The number of hydrogen-bond acceptors (Lipinski definition) is 3. The van der Waals surface area contributed by atoms with Crippen molar-refractivity contribution in [1.29, 1.82) is 0 Å². The average Bonchev–Trinajstić information content (AvgIpc) is 2.30. The number of hydrogen-bond donors (Lipinski definition) is 2. The first-order valence-electron chi connectivity index (χ1n) is 6.87. The number of ether oxygens (including phenoxy) is 2. The van der Waals surface area contributed by atoms with E-state index in [1.165, 1.54) is 0 Å². The molecule has 0 saturated heterocycles. The summed E-state index contributed by atoms with van der Waals surface area (Å²) in [6.45, 7) is 11.0. The Kier molecular flexibility index (Phi) is 5.67. The first kappa shape index (κ1) is 16.1. The van der Waals surface area contributed by atoms with Crippen LogP contribution in [0.5, 0.6) is 11.5 Å². The van der Waals surface area contributed by atoms with Crippen molar-refractivity contribution in [3.63, 3.8) is 0 Å². The van der Waals surface area contributed by atoms with Crippen LogP contribution in [-0.2, 0) is 0 Å². The molecule has 0 saturated carbocycles. The van der Waals surface area contributed by atoms with E-state index < -0.39 is 0 Å². The van der Waals surface area contributed by atoms with Crippen LogP contribution in [0.15, 0.2) is 23.2 Å². The zero-order valence-corrected chi connectivity index (χ0v) is 13.0. The quantitative estimate of drug-likeness (QED) is 0.642. The molecule has 3 N–H and O–H groups in total. The molecule has 1 aromatic carbocycles. The van der Waals surface area contributed by atoms with E-state index in [0.717, 1.165) is 17.2 Å². The summed E-state index contributed by atoms with van der Waals surface area (Å²) in [7, 11) is 0. The molecule has 0 aliphatic carbocycles. The van der Waals surface area contributed by atoms with Crippen LogP contribution in [0.25, 0.3) is 0 Å². The minimum Gasteiger partial charge on any atom is -0.494 e. The summed E-state index contributed by atoms with van der Waals surface area (Å²) in [6.07, 6.45) is 0. The van der Waals surface area contributed by atoms with Gasteiger partial charge in [0.1, 0.15) is 11.5 Å². The van der Waals surface area contributed by atoms with Crippen molar-refractivity contribution >= 4 is 11.6 Å². The van der Waals surface area contributed by atoms with Gasteiger partial charge in [0.05, 0.1) is 24.4 Å². The summed E-state index contributed by atoms with van der Waals surface area (Å²) >= 11 is 0. The van der Waals surface area contributed by atoms with Crippen molar-refractivity contribution in [3.8, 4) is 11.5 Å². The van der Waals surface area contributed by atoms with Gasteiger partial charge in [-0.3, -0.25) is 0 Å². The lowest BCUT2D eigenvalue weighted by Crippen LogP contribution is -2.27. The number of aliphatic imine (C=N–C) groups is 1. The number of guanidine groups is 1. The van der Waals surface area contributed by atoms with E-state index in [9.17, 15) is 0 Å². The highest BCUT2D eigenvalue weighted by Gasteiger charge is 2.11. The Morgan fingerprint density at radius 1 is 1.20 bits per heavy atom. The fraction of sp³-hybridized carbons (Fsp3) is 0.533. The second-order valence-corrected chi connectivity index (χ2v) is 5.32. The van der Waals surface area contributed by atoms with Crippen LogP contribution in [0.4, 0.5) is 5.69 Å². The van der Waals surface area contributed by atoms with E-state index in [2.05, 4.69) is 10.3 Å². The summed E-state index contributed by atoms with van der Waals surface area (Å²) in [5.41, 5.74) is 6.44. The molecule has 0 unspecified atom stereocenters. The SMILES string of the molecule is CCOc1ccc(OCC)c(NC(N)=NC(C)(C)C)c1. The summed E-state index contributed by atoms with van der Waals surface area (Å²) in [5, 5.41) is 3.07. The zero-order chi connectivity index (χ0) is 15.2. The monoisotopic (exact) mass is 279 g/mol. The van der Waals surface area contributed by atoms with E-state index in [1.54, 1.807) is 0 Å². The van der Waals surface area contributed by atoms with Gasteiger partial charge in [0, 0.05) is 6.07 Å². The maximum atomic E-state index is 5.92. The lowest BCUT2D eigenvalue weighted by Gasteiger charge is -2.17. The topological polar surface area (TPSA) is 68.9 Å². The molecular weight excluding hydrogens is 254 g/mol. The molecule has 112 valence electrons. The lowest BCUT2D eigenvalue weighted by molar-refractivity contribution is 0.332. The molecule has 5 nitrogen and oxygen atoms in total. The fourth-order valence-corrected chi connectivity index (χ4v) is 1.67. The van der Waals surface area contributed by atoms with Gasteiger partial charge in [-0.1, -0.05) is 0 Å². The molecule has 0 aliphatic heterocycles. The summed E-state index contributed by atoms with van der Waals surface area (Å²) in [4.78, 5) is 4.37. The van der Waals surface area contributed by atoms with E-state index in [0.29, 0.717) is 19.2 Å². The van der Waals surface area contributed by atoms with Gasteiger partial charge in [0.2, 0.25) is 0 Å². The smallest absolute Gasteiger partial charge is 0.193 e. The fourth-order valence-electron chi connectivity index (χ4n) is 1.67. The molecule has 0 amide bonds. The van der Waals surface area contributed by atoms with E-state index in [4.69, 9.17) is 15.2 Å². The van der Waals surface area contributed by atoms with Crippen LogP contribution in [0.2, 0.25) is 0 Å². The molecule has 0 radical (unpaired) electrons. The van der Waals surface area contributed by atoms with Crippen molar-refractivity contribution < 1.29 is 9.47 Å². The Hall–Kier alpha value is -1.91. The second-order valence-electron chi connectivity index (χ2n) is 5.32. The van der Waals surface area contributed by atoms with Crippen molar-refractivity contribution in [2.45, 2.75) is 40.2 Å². The number of benzene rings is 1. The average molecular weight is 279 g/mol. The predicted octanol–water partition coefficient (Wildman–Crippen LogP) is 3.01. The molecule has 0 bridgehead atoms. The number of anilines is 1. The molecule has 0 spiro atoms. The third-order valence-electron chi connectivity index (χ3n) is 2.28. The number of nitrogens with one attached hydrogen (secondary N) is 1. The number of nitrogens with zero attached hydrogens (tertiary/aromatic N) is 1. The molecule has 0 fully saturated rings. The van der Waals surface area contributed by atoms with Crippen LogP contribution < -0.4 is 20.5 Å². The Labute approximate surface area is 121 Å². The van der Waals surface area contributed by atoms with Crippen LogP contribution >= 0.6 is 0 Å². The van der Waals surface area contributed by atoms with Crippen molar-refractivity contribution in [1.82, 2.24) is 0 Å². The number of nitrogens with two attached hydrogens (primary N) is 1. The van der Waals surface area contributed by atoms with E-state index in [1.807, 2.05) is 52.8 Å². The first-order chi connectivity index (χ1) is 9.35. The third kappa shape index (κ3) is 5.38. The largest absolute Gasteiger partial charge is 0.494 e. The zero-order valence-electron chi connectivity index (χ0n) is 13.0. The number of rotatable bonds is 5. The van der Waals surface area contributed by atoms with E-state index >= 15 is 0 Å². The molecule has 1 rings (SSSR count). The molecule has 0 aliphatic rings. The predicted molar refractivity (Wildman–Crippen MR) is 83.8 cm³/mol. The third-order valence-corrected chi connectivity index (χ3v) is 2.28. The summed E-state index contributed by atoms with van der Waals surface area (Å²) < 4.78 is 11.1. The lowest BCUT2D eigenvalue weighted by atomic mass is 10.1. The van der Waals surface area contributed by atoms with Gasteiger partial charge >= 0.3 is 0 Å². The highest BCUT2D eigenvalue weighted by atomic mass is 16.5. The maximum Gasteiger partial charge on any atom is 0.193 e. The normalized spacial score (nSPS) is 12.2. The van der Waals surface area contributed by atoms with Gasteiger partial charge in [-0.15, -0.1) is 0 Å². The molecule has 0 heterocycles. The molecule has 0 aromatic heterocycles. The molecule has 20 heavy (non-hydrogen) atoms. The van der Waals surface area contributed by atoms with Crippen LogP contribution in [0, 0.1) is 0 Å². The standard InChI is InChI=1S/C15H25N3O2/c1-6-19-11-8-9-13(20-7-2)12(10-11)17-14(16)18-15(3,4)5/h8-10H,6-7H2,1-5H3,(H3,16,17,18). The van der Waals surface area contributed by atoms with Crippen LogP contribution in [0.3, 0.4) is 0 Å². The minimum atomic E-state index is -0.236. The maximum absolute atomic E-state index is 5.92. The Morgan fingerprint density at radius 3 is 2.40 bits per heavy atom. The Balaban J connectivity index is 3.00. The molecule has 5 heteroatoms.